The lowest BCUT2D eigenvalue weighted by Gasteiger charge is -2.45. The predicted molar refractivity (Wildman–Crippen MR) is 108 cm³/mol. The summed E-state index contributed by atoms with van der Waals surface area (Å²) >= 11 is 6.31. The number of nitrogens with one attached hydrogen (secondary N) is 1. The van der Waals surface area contributed by atoms with Crippen LogP contribution >= 0.6 is 11.6 Å². The standard InChI is InChI=1S/C21H22ClF2N3O/c1-12-9-14(25-21(28)20(23)24)11-18-15-5-3-4-6-16(15)26(2)17-8-7-13(22)10-19(17)27(12)18/h3-8,10,12,14,18,20H,9,11H2,1-2H3,(H,25,28). The lowest BCUT2D eigenvalue weighted by molar-refractivity contribution is -0.132. The Morgan fingerprint density at radius 1 is 1.14 bits per heavy atom. The van der Waals surface area contributed by atoms with E-state index in [1.54, 1.807) is 0 Å². The Hall–Kier alpha value is -2.34. The Morgan fingerprint density at radius 2 is 1.89 bits per heavy atom. The summed E-state index contributed by atoms with van der Waals surface area (Å²) in [6, 6.07) is 13.6. The van der Waals surface area contributed by atoms with Gasteiger partial charge in [0.15, 0.2) is 0 Å². The van der Waals surface area contributed by atoms with Crippen molar-refractivity contribution in [3.8, 4) is 0 Å². The zero-order chi connectivity index (χ0) is 20.0. The fourth-order valence-corrected chi connectivity index (χ4v) is 4.73. The van der Waals surface area contributed by atoms with Crippen LogP contribution in [0.4, 0.5) is 25.8 Å². The van der Waals surface area contributed by atoms with Crippen molar-refractivity contribution in [2.24, 2.45) is 0 Å². The molecule has 0 radical (unpaired) electrons. The molecule has 0 aromatic heterocycles. The molecular formula is C21H22ClF2N3O. The molecule has 2 aliphatic heterocycles. The maximum Gasteiger partial charge on any atom is 0.315 e. The number of halogens is 3. The lowest BCUT2D eigenvalue weighted by Crippen LogP contribution is -2.51. The Bertz CT molecular complexity index is 907. The van der Waals surface area contributed by atoms with E-state index in [0.29, 0.717) is 17.9 Å². The summed E-state index contributed by atoms with van der Waals surface area (Å²) in [5.41, 5.74) is 4.23. The summed E-state index contributed by atoms with van der Waals surface area (Å²) in [7, 11) is 2.02. The molecule has 0 saturated carbocycles. The number of carbonyl (C=O) groups is 1. The molecule has 1 fully saturated rings. The van der Waals surface area contributed by atoms with Crippen molar-refractivity contribution in [1.82, 2.24) is 5.32 Å². The largest absolute Gasteiger partial charge is 0.360 e. The quantitative estimate of drug-likeness (QED) is 0.771. The molecule has 2 aliphatic rings. The molecule has 1 N–H and O–H groups in total. The molecule has 2 aromatic carbocycles. The molecule has 1 amide bonds. The molecule has 0 bridgehead atoms. The van der Waals surface area contributed by atoms with E-state index in [1.807, 2.05) is 37.4 Å². The maximum absolute atomic E-state index is 12.8. The van der Waals surface area contributed by atoms with E-state index in [-0.39, 0.29) is 18.1 Å². The lowest BCUT2D eigenvalue weighted by atomic mass is 9.87. The van der Waals surface area contributed by atoms with Gasteiger partial charge in [-0.3, -0.25) is 4.79 Å². The van der Waals surface area contributed by atoms with Crippen molar-refractivity contribution in [2.45, 2.75) is 44.3 Å². The summed E-state index contributed by atoms with van der Waals surface area (Å²) in [5, 5.41) is 3.17. The van der Waals surface area contributed by atoms with Gasteiger partial charge >= 0.3 is 6.43 Å². The molecule has 2 heterocycles. The van der Waals surface area contributed by atoms with Gasteiger partial charge < -0.3 is 15.1 Å². The molecule has 2 aromatic rings. The Morgan fingerprint density at radius 3 is 2.64 bits per heavy atom. The number of carbonyl (C=O) groups excluding carboxylic acids is 1. The van der Waals surface area contributed by atoms with Gasteiger partial charge in [0, 0.05) is 29.8 Å². The number of hydrogen-bond donors (Lipinski definition) is 1. The normalized spacial score (nSPS) is 23.6. The van der Waals surface area contributed by atoms with Gasteiger partial charge in [-0.2, -0.15) is 8.78 Å². The predicted octanol–water partition coefficient (Wildman–Crippen LogP) is 4.90. The van der Waals surface area contributed by atoms with Gasteiger partial charge in [0.25, 0.3) is 5.91 Å². The van der Waals surface area contributed by atoms with E-state index in [4.69, 9.17) is 11.6 Å². The summed E-state index contributed by atoms with van der Waals surface area (Å²) < 4.78 is 25.5. The maximum atomic E-state index is 12.8. The summed E-state index contributed by atoms with van der Waals surface area (Å²) in [5.74, 6) is -1.20. The average molecular weight is 406 g/mol. The zero-order valence-electron chi connectivity index (χ0n) is 15.7. The van der Waals surface area contributed by atoms with E-state index < -0.39 is 12.3 Å². The van der Waals surface area contributed by atoms with Gasteiger partial charge in [-0.1, -0.05) is 29.8 Å². The first-order chi connectivity index (χ1) is 13.4. The van der Waals surface area contributed by atoms with E-state index in [2.05, 4.69) is 34.2 Å². The van der Waals surface area contributed by atoms with Gasteiger partial charge in [-0.25, -0.2) is 0 Å². The van der Waals surface area contributed by atoms with Crippen molar-refractivity contribution in [3.05, 3.63) is 53.1 Å². The number of rotatable bonds is 2. The van der Waals surface area contributed by atoms with Crippen LogP contribution in [0, 0.1) is 0 Å². The first kappa shape index (κ1) is 19.0. The number of nitrogens with zero attached hydrogens (tertiary/aromatic N) is 2. The third-order valence-corrected chi connectivity index (χ3v) is 5.96. The highest BCUT2D eigenvalue weighted by atomic mass is 35.5. The van der Waals surface area contributed by atoms with Gasteiger partial charge in [0.1, 0.15) is 0 Å². The van der Waals surface area contributed by atoms with Gasteiger partial charge in [0.05, 0.1) is 17.4 Å². The minimum Gasteiger partial charge on any atom is -0.360 e. The third-order valence-electron chi connectivity index (χ3n) is 5.72. The van der Waals surface area contributed by atoms with Crippen LogP contribution in [-0.2, 0) is 4.79 Å². The Kier molecular flexibility index (Phi) is 4.91. The molecule has 0 aliphatic carbocycles. The smallest absolute Gasteiger partial charge is 0.315 e. The fourth-order valence-electron chi connectivity index (χ4n) is 4.57. The summed E-state index contributed by atoms with van der Waals surface area (Å²) in [6.07, 6.45) is -1.85. The van der Waals surface area contributed by atoms with Crippen molar-refractivity contribution < 1.29 is 13.6 Å². The molecule has 4 rings (SSSR count). The number of anilines is 3. The number of hydrogen-bond acceptors (Lipinski definition) is 3. The monoisotopic (exact) mass is 405 g/mol. The van der Waals surface area contributed by atoms with Crippen LogP contribution in [0.1, 0.15) is 31.4 Å². The number of fused-ring (bicyclic) bond motifs is 5. The number of benzene rings is 2. The number of para-hydroxylation sites is 1. The third kappa shape index (κ3) is 3.20. The van der Waals surface area contributed by atoms with E-state index in [0.717, 1.165) is 22.6 Å². The van der Waals surface area contributed by atoms with Gasteiger partial charge in [0.2, 0.25) is 0 Å². The zero-order valence-corrected chi connectivity index (χ0v) is 16.5. The van der Waals surface area contributed by atoms with E-state index in [9.17, 15) is 13.6 Å². The van der Waals surface area contributed by atoms with E-state index >= 15 is 0 Å². The molecule has 148 valence electrons. The highest BCUT2D eigenvalue weighted by Gasteiger charge is 2.40. The van der Waals surface area contributed by atoms with Crippen LogP contribution in [0.5, 0.6) is 0 Å². The van der Waals surface area contributed by atoms with E-state index in [1.165, 1.54) is 0 Å². The second kappa shape index (κ2) is 7.24. The summed E-state index contributed by atoms with van der Waals surface area (Å²) in [4.78, 5) is 16.0. The Balaban J connectivity index is 1.81. The summed E-state index contributed by atoms with van der Waals surface area (Å²) in [6.45, 7) is 2.06. The molecule has 0 spiro atoms. The van der Waals surface area contributed by atoms with Crippen LogP contribution in [0.3, 0.4) is 0 Å². The van der Waals surface area contributed by atoms with Crippen LogP contribution in [0.2, 0.25) is 5.02 Å². The number of alkyl halides is 2. The van der Waals surface area contributed by atoms with Gasteiger partial charge in [-0.15, -0.1) is 0 Å². The van der Waals surface area contributed by atoms with Crippen LogP contribution < -0.4 is 15.1 Å². The first-order valence-electron chi connectivity index (χ1n) is 9.36. The minimum absolute atomic E-state index is 0.0403. The van der Waals surface area contributed by atoms with Crippen molar-refractivity contribution in [3.63, 3.8) is 0 Å². The molecule has 3 atom stereocenters. The topological polar surface area (TPSA) is 35.6 Å². The van der Waals surface area contributed by atoms with Crippen LogP contribution in [0.25, 0.3) is 0 Å². The highest BCUT2D eigenvalue weighted by molar-refractivity contribution is 6.31. The van der Waals surface area contributed by atoms with Crippen molar-refractivity contribution in [2.75, 3.05) is 16.8 Å². The second-order valence-electron chi connectivity index (χ2n) is 7.50. The first-order valence-corrected chi connectivity index (χ1v) is 9.73. The highest BCUT2D eigenvalue weighted by Crippen LogP contribution is 2.49. The van der Waals surface area contributed by atoms with Crippen molar-refractivity contribution in [1.29, 1.82) is 0 Å². The molecule has 3 unspecified atom stereocenters. The molecule has 28 heavy (non-hydrogen) atoms. The second-order valence-corrected chi connectivity index (χ2v) is 7.94. The molecule has 7 heteroatoms. The molecular weight excluding hydrogens is 384 g/mol. The van der Waals surface area contributed by atoms with Crippen molar-refractivity contribution >= 4 is 34.6 Å². The molecule has 1 saturated heterocycles. The average Bonchev–Trinajstić information content (AvgIpc) is 2.76. The number of amides is 1. The van der Waals surface area contributed by atoms with Crippen LogP contribution in [-0.4, -0.2) is 31.5 Å². The number of piperidine rings is 1. The molecule has 4 nitrogen and oxygen atoms in total. The SMILES string of the molecule is CC1CC(NC(=O)C(F)F)CC2c3ccccc3N(C)c3ccc(Cl)cc3N12. The van der Waals surface area contributed by atoms with Gasteiger partial charge in [-0.05, 0) is 49.6 Å². The Labute approximate surface area is 168 Å². The fraction of sp³-hybridized carbons (Fsp3) is 0.381. The minimum atomic E-state index is -3.00. The van der Waals surface area contributed by atoms with Crippen LogP contribution in [0.15, 0.2) is 42.5 Å².